The van der Waals surface area contributed by atoms with Crippen LogP contribution in [0.25, 0.3) is 6.08 Å². The first-order valence-corrected chi connectivity index (χ1v) is 4.35. The second-order valence-corrected chi connectivity index (χ2v) is 3.03. The molecule has 0 atom stereocenters. The van der Waals surface area contributed by atoms with Crippen LogP contribution in [0.5, 0.6) is 0 Å². The Hall–Kier alpha value is -1.55. The minimum Gasteiger partial charge on any atom is -0.250 e. The molecule has 0 heterocycles. The molecule has 1 heteroatoms. The molecule has 1 aromatic rings. The molecule has 14 heavy (non-hydrogen) atoms. The number of alkyl halides is 1. The molecule has 0 unspecified atom stereocenters. The van der Waals surface area contributed by atoms with Gasteiger partial charge >= 0.3 is 0 Å². The van der Waals surface area contributed by atoms with Crippen molar-refractivity contribution in [1.82, 2.24) is 0 Å². The molecule has 0 aliphatic heterocycles. The van der Waals surface area contributed by atoms with Crippen LogP contribution in [-0.4, -0.2) is 6.67 Å². The van der Waals surface area contributed by atoms with Crippen molar-refractivity contribution >= 4 is 6.08 Å². The summed E-state index contributed by atoms with van der Waals surface area (Å²) in [5, 5.41) is 0. The first-order chi connectivity index (χ1) is 6.74. The molecule has 1 radical (unpaired) electrons. The van der Waals surface area contributed by atoms with Crippen LogP contribution in [0.1, 0.15) is 23.6 Å². The van der Waals surface area contributed by atoms with Crippen molar-refractivity contribution in [2.24, 2.45) is 0 Å². The van der Waals surface area contributed by atoms with Gasteiger partial charge in [0.2, 0.25) is 0 Å². The Morgan fingerprint density at radius 2 is 2.36 bits per heavy atom. The van der Waals surface area contributed by atoms with Crippen LogP contribution in [0, 0.1) is 18.3 Å². The Kier molecular flexibility index (Phi) is 3.48. The highest BCUT2D eigenvalue weighted by Gasteiger charge is 2.11. The fourth-order valence-corrected chi connectivity index (χ4v) is 1.33. The smallest absolute Gasteiger partial charge is 0.0998 e. The molecule has 0 nitrogen and oxygen atoms in total. The van der Waals surface area contributed by atoms with E-state index in [4.69, 9.17) is 6.42 Å². The van der Waals surface area contributed by atoms with Crippen molar-refractivity contribution in [1.29, 1.82) is 0 Å². The first kappa shape index (κ1) is 10.5. The van der Waals surface area contributed by atoms with Gasteiger partial charge in [0.15, 0.2) is 0 Å². The molecule has 0 aliphatic carbocycles. The Balaban J connectivity index is 3.30. The molecule has 0 spiro atoms. The van der Waals surface area contributed by atoms with Crippen LogP contribution in [-0.2, 0) is 0 Å². The van der Waals surface area contributed by atoms with Crippen molar-refractivity contribution in [3.05, 3.63) is 47.4 Å². The van der Waals surface area contributed by atoms with Gasteiger partial charge in [-0.2, -0.15) is 0 Å². The molecule has 71 valence electrons. The second-order valence-electron chi connectivity index (χ2n) is 3.03. The number of terminal acetylenes is 1. The van der Waals surface area contributed by atoms with Gasteiger partial charge in [-0.25, -0.2) is 0 Å². The average molecular weight is 187 g/mol. The number of benzene rings is 1. The summed E-state index contributed by atoms with van der Waals surface area (Å²) in [6.45, 7) is 4.93. The zero-order valence-corrected chi connectivity index (χ0v) is 8.18. The van der Waals surface area contributed by atoms with E-state index in [9.17, 15) is 4.39 Å². The minimum absolute atomic E-state index is 0.477. The fraction of sp³-hybridized carbons (Fsp3) is 0.154. The van der Waals surface area contributed by atoms with E-state index in [1.54, 1.807) is 13.0 Å². The van der Waals surface area contributed by atoms with Crippen molar-refractivity contribution in [2.45, 2.75) is 6.92 Å². The standard InChI is InChI=1S/C13H12F/c1-4-11-7-6-8-13(10(3)9-14)12(11)5-2/h2,4,6-8H,1,9H2,3H3. The predicted octanol–water partition coefficient (Wildman–Crippen LogP) is 3.22. The molecule has 1 rings (SSSR count). The van der Waals surface area contributed by atoms with Crippen LogP contribution in [0.2, 0.25) is 0 Å². The third-order valence-corrected chi connectivity index (χ3v) is 2.12. The van der Waals surface area contributed by atoms with Gasteiger partial charge in [-0.3, -0.25) is 4.39 Å². The van der Waals surface area contributed by atoms with Crippen molar-refractivity contribution in [2.75, 3.05) is 6.67 Å². The normalized spacial score (nSPS) is 9.86. The van der Waals surface area contributed by atoms with E-state index in [1.807, 2.05) is 18.2 Å². The number of rotatable bonds is 3. The fourth-order valence-electron chi connectivity index (χ4n) is 1.33. The average Bonchev–Trinajstić information content (AvgIpc) is 2.26. The molecular formula is C13H12F. The summed E-state index contributed by atoms with van der Waals surface area (Å²) in [5.74, 6) is 3.23. The molecular weight excluding hydrogens is 175 g/mol. The molecule has 0 aromatic heterocycles. The van der Waals surface area contributed by atoms with Crippen LogP contribution < -0.4 is 0 Å². The van der Waals surface area contributed by atoms with Crippen molar-refractivity contribution < 1.29 is 4.39 Å². The van der Waals surface area contributed by atoms with E-state index in [-0.39, 0.29) is 0 Å². The molecule has 1 aromatic carbocycles. The summed E-state index contributed by atoms with van der Waals surface area (Å²) in [5.41, 5.74) is 2.39. The maximum absolute atomic E-state index is 12.5. The zero-order chi connectivity index (χ0) is 10.6. The predicted molar refractivity (Wildman–Crippen MR) is 58.5 cm³/mol. The maximum atomic E-state index is 12.5. The van der Waals surface area contributed by atoms with E-state index in [2.05, 4.69) is 12.5 Å². The third-order valence-electron chi connectivity index (χ3n) is 2.12. The van der Waals surface area contributed by atoms with Gasteiger partial charge < -0.3 is 0 Å². The number of hydrogen-bond acceptors (Lipinski definition) is 0. The van der Waals surface area contributed by atoms with Crippen molar-refractivity contribution in [3.63, 3.8) is 0 Å². The largest absolute Gasteiger partial charge is 0.250 e. The molecule has 0 fully saturated rings. The van der Waals surface area contributed by atoms with Gasteiger partial charge in [-0.05, 0) is 11.1 Å². The van der Waals surface area contributed by atoms with E-state index >= 15 is 0 Å². The summed E-state index contributed by atoms with van der Waals surface area (Å²) in [6.07, 6.45) is 7.07. The highest BCUT2D eigenvalue weighted by atomic mass is 19.1. The Morgan fingerprint density at radius 1 is 1.64 bits per heavy atom. The summed E-state index contributed by atoms with van der Waals surface area (Å²) < 4.78 is 12.5. The lowest BCUT2D eigenvalue weighted by molar-refractivity contribution is 0.516. The molecule has 0 saturated carbocycles. The maximum Gasteiger partial charge on any atom is 0.0998 e. The zero-order valence-electron chi connectivity index (χ0n) is 8.18. The van der Waals surface area contributed by atoms with Crippen molar-refractivity contribution in [3.8, 4) is 12.3 Å². The van der Waals surface area contributed by atoms with E-state index in [0.29, 0.717) is 5.92 Å². The third kappa shape index (κ3) is 1.85. The van der Waals surface area contributed by atoms with E-state index in [1.165, 1.54) is 0 Å². The molecule has 0 N–H and O–H groups in total. The lowest BCUT2D eigenvalue weighted by atomic mass is 9.93. The summed E-state index contributed by atoms with van der Waals surface area (Å²) in [4.78, 5) is 0. The van der Waals surface area contributed by atoms with Gasteiger partial charge in [-0.15, -0.1) is 6.42 Å². The number of halogens is 1. The van der Waals surface area contributed by atoms with Gasteiger partial charge in [0, 0.05) is 11.5 Å². The van der Waals surface area contributed by atoms with Gasteiger partial charge in [-0.1, -0.05) is 43.7 Å². The minimum atomic E-state index is -0.477. The van der Waals surface area contributed by atoms with Gasteiger partial charge in [0.05, 0.1) is 6.67 Å². The van der Waals surface area contributed by atoms with Gasteiger partial charge in [0.1, 0.15) is 0 Å². The SMILES string of the molecule is C#Cc1c(C=C)cccc1[C](C)CF. The van der Waals surface area contributed by atoms with Crippen LogP contribution >= 0.6 is 0 Å². The van der Waals surface area contributed by atoms with Gasteiger partial charge in [0.25, 0.3) is 0 Å². The summed E-state index contributed by atoms with van der Waals surface area (Å²) in [7, 11) is 0. The lowest BCUT2D eigenvalue weighted by Crippen LogP contribution is -2.01. The van der Waals surface area contributed by atoms with Crippen LogP contribution in [0.15, 0.2) is 24.8 Å². The molecule has 0 aliphatic rings. The highest BCUT2D eigenvalue weighted by Crippen LogP contribution is 2.22. The Labute approximate surface area is 84.5 Å². The number of hydrogen-bond donors (Lipinski definition) is 0. The van der Waals surface area contributed by atoms with Crippen LogP contribution in [0.3, 0.4) is 0 Å². The van der Waals surface area contributed by atoms with E-state index < -0.39 is 6.67 Å². The molecule has 0 saturated heterocycles. The van der Waals surface area contributed by atoms with Crippen LogP contribution in [0.4, 0.5) is 4.39 Å². The molecule has 0 bridgehead atoms. The Bertz CT molecular complexity index is 371. The molecule has 0 amide bonds. The first-order valence-electron chi connectivity index (χ1n) is 4.35. The summed E-state index contributed by atoms with van der Waals surface area (Å²) in [6, 6.07) is 5.56. The Morgan fingerprint density at radius 3 is 2.86 bits per heavy atom. The monoisotopic (exact) mass is 187 g/mol. The second kappa shape index (κ2) is 4.62. The topological polar surface area (TPSA) is 0 Å². The van der Waals surface area contributed by atoms with E-state index in [0.717, 1.165) is 16.7 Å². The quantitative estimate of drug-likeness (QED) is 0.637. The summed E-state index contributed by atoms with van der Waals surface area (Å²) >= 11 is 0. The lowest BCUT2D eigenvalue weighted by Gasteiger charge is -2.11. The highest BCUT2D eigenvalue weighted by molar-refractivity contribution is 5.62.